The Labute approximate surface area is 121 Å². The van der Waals surface area contributed by atoms with E-state index in [1.807, 2.05) is 0 Å². The highest BCUT2D eigenvalue weighted by Gasteiger charge is 2.03. The largest absolute Gasteiger partial charge is 0.397 e. The van der Waals surface area contributed by atoms with Crippen LogP contribution in [-0.2, 0) is 0 Å². The van der Waals surface area contributed by atoms with Gasteiger partial charge in [-0.2, -0.15) is 0 Å². The first kappa shape index (κ1) is 14.1. The summed E-state index contributed by atoms with van der Waals surface area (Å²) in [6.07, 6.45) is 2.97. The van der Waals surface area contributed by atoms with Gasteiger partial charge in [-0.15, -0.1) is 10.2 Å². The Balaban J connectivity index is 2.27. The first-order chi connectivity index (χ1) is 10.1. The van der Waals surface area contributed by atoms with Crippen molar-refractivity contribution in [3.05, 3.63) is 48.0 Å². The molecule has 0 bridgehead atoms. The third-order valence-corrected chi connectivity index (χ3v) is 2.47. The van der Waals surface area contributed by atoms with Gasteiger partial charge in [-0.05, 0) is 31.0 Å². The van der Waals surface area contributed by atoms with Crippen LogP contribution < -0.4 is 17.2 Å². The molecule has 8 nitrogen and oxygen atoms in total. The SMILES string of the molecule is C=N/C(=N\N=C(/N)c1ccc(N)cn1)c1ccc(N)cn1. The quantitative estimate of drug-likeness (QED) is 0.424. The van der Waals surface area contributed by atoms with Crippen LogP contribution in [0, 0.1) is 0 Å². The lowest BCUT2D eigenvalue weighted by molar-refractivity contribution is 1.16. The molecule has 6 N–H and O–H groups in total. The number of anilines is 2. The van der Waals surface area contributed by atoms with Crippen LogP contribution in [0.4, 0.5) is 11.4 Å². The zero-order valence-corrected chi connectivity index (χ0v) is 11.1. The molecule has 0 radical (unpaired) electrons. The van der Waals surface area contributed by atoms with Crippen molar-refractivity contribution < 1.29 is 0 Å². The molecule has 0 unspecified atom stereocenters. The average molecular weight is 282 g/mol. The van der Waals surface area contributed by atoms with E-state index < -0.39 is 0 Å². The summed E-state index contributed by atoms with van der Waals surface area (Å²) in [7, 11) is 0. The maximum Gasteiger partial charge on any atom is 0.199 e. The second kappa shape index (κ2) is 6.24. The van der Waals surface area contributed by atoms with Crippen molar-refractivity contribution >= 4 is 29.8 Å². The van der Waals surface area contributed by atoms with E-state index in [9.17, 15) is 0 Å². The predicted octanol–water partition coefficient (Wildman–Crippen LogP) is 0.409. The molecular weight excluding hydrogens is 268 g/mol. The van der Waals surface area contributed by atoms with Gasteiger partial charge in [0.2, 0.25) is 0 Å². The Morgan fingerprint density at radius 1 is 0.905 bits per heavy atom. The first-order valence-corrected chi connectivity index (χ1v) is 5.92. The van der Waals surface area contributed by atoms with Crippen molar-refractivity contribution in [2.24, 2.45) is 20.9 Å². The predicted molar refractivity (Wildman–Crippen MR) is 84.1 cm³/mol. The number of aliphatic imine (C=N–C) groups is 1. The molecule has 2 aromatic rings. The Morgan fingerprint density at radius 2 is 1.48 bits per heavy atom. The summed E-state index contributed by atoms with van der Waals surface area (Å²) < 4.78 is 0. The summed E-state index contributed by atoms with van der Waals surface area (Å²) in [5.41, 5.74) is 18.9. The molecule has 2 heterocycles. The molecule has 0 aliphatic heterocycles. The summed E-state index contributed by atoms with van der Waals surface area (Å²) in [4.78, 5) is 11.9. The van der Waals surface area contributed by atoms with Crippen molar-refractivity contribution in [3.63, 3.8) is 0 Å². The number of rotatable bonds is 3. The van der Waals surface area contributed by atoms with Gasteiger partial charge in [0.25, 0.3) is 0 Å². The lowest BCUT2D eigenvalue weighted by Crippen LogP contribution is -2.15. The first-order valence-electron chi connectivity index (χ1n) is 5.92. The van der Waals surface area contributed by atoms with Crippen LogP contribution in [-0.4, -0.2) is 28.4 Å². The third-order valence-electron chi connectivity index (χ3n) is 2.47. The minimum absolute atomic E-state index is 0.131. The lowest BCUT2D eigenvalue weighted by Gasteiger charge is -2.00. The summed E-state index contributed by atoms with van der Waals surface area (Å²) in [5.74, 6) is 0.361. The monoisotopic (exact) mass is 282 g/mol. The van der Waals surface area contributed by atoms with E-state index in [1.165, 1.54) is 12.4 Å². The van der Waals surface area contributed by atoms with Gasteiger partial charge in [-0.3, -0.25) is 9.97 Å². The number of nitrogen functional groups attached to an aromatic ring is 2. The minimum Gasteiger partial charge on any atom is -0.397 e. The van der Waals surface area contributed by atoms with Gasteiger partial charge in [0.15, 0.2) is 11.7 Å². The Hall–Kier alpha value is -3.29. The maximum atomic E-state index is 5.79. The van der Waals surface area contributed by atoms with Crippen LogP contribution >= 0.6 is 0 Å². The number of nitrogens with two attached hydrogens (primary N) is 3. The molecule has 0 saturated heterocycles. The van der Waals surface area contributed by atoms with Crippen molar-refractivity contribution in [2.45, 2.75) is 0 Å². The third kappa shape index (κ3) is 3.60. The normalized spacial score (nSPS) is 12.2. The molecule has 0 spiro atoms. The molecule has 2 rings (SSSR count). The molecule has 0 fully saturated rings. The Kier molecular flexibility index (Phi) is 4.20. The molecule has 0 atom stereocenters. The number of aromatic nitrogens is 2. The lowest BCUT2D eigenvalue weighted by atomic mass is 10.3. The topological polar surface area (TPSA) is 141 Å². The van der Waals surface area contributed by atoms with E-state index in [1.54, 1.807) is 24.3 Å². The van der Waals surface area contributed by atoms with Gasteiger partial charge in [-0.25, -0.2) is 4.99 Å². The Bertz CT molecular complexity index is 685. The molecule has 21 heavy (non-hydrogen) atoms. The molecule has 0 saturated carbocycles. The van der Waals surface area contributed by atoms with Crippen molar-refractivity contribution in [1.82, 2.24) is 9.97 Å². The highest BCUT2D eigenvalue weighted by Crippen LogP contribution is 2.05. The number of amidine groups is 2. The fourth-order valence-corrected chi connectivity index (χ4v) is 1.41. The van der Waals surface area contributed by atoms with Gasteiger partial charge >= 0.3 is 0 Å². The summed E-state index contributed by atoms with van der Waals surface area (Å²) in [6, 6.07) is 6.66. The fraction of sp³-hybridized carbons (Fsp3) is 0. The second-order valence-corrected chi connectivity index (χ2v) is 4.02. The zero-order chi connectivity index (χ0) is 15.2. The van der Waals surface area contributed by atoms with Crippen LogP contribution in [0.5, 0.6) is 0 Å². The summed E-state index contributed by atoms with van der Waals surface area (Å²) >= 11 is 0. The van der Waals surface area contributed by atoms with E-state index in [0.29, 0.717) is 22.8 Å². The van der Waals surface area contributed by atoms with E-state index in [4.69, 9.17) is 17.2 Å². The molecule has 0 amide bonds. The number of nitrogens with zero attached hydrogens (tertiary/aromatic N) is 5. The van der Waals surface area contributed by atoms with Crippen LogP contribution in [0.25, 0.3) is 0 Å². The molecule has 106 valence electrons. The zero-order valence-electron chi connectivity index (χ0n) is 11.1. The van der Waals surface area contributed by atoms with E-state index in [2.05, 4.69) is 31.9 Å². The maximum absolute atomic E-state index is 5.79. The van der Waals surface area contributed by atoms with Crippen molar-refractivity contribution in [2.75, 3.05) is 11.5 Å². The molecular formula is C13H14N8. The van der Waals surface area contributed by atoms with Crippen LogP contribution in [0.2, 0.25) is 0 Å². The number of hydrogen-bond donors (Lipinski definition) is 3. The molecule has 0 aliphatic carbocycles. The molecule has 2 aromatic heterocycles. The number of hydrogen-bond acceptors (Lipinski definition) is 6. The highest BCUT2D eigenvalue weighted by molar-refractivity contribution is 6.01. The van der Waals surface area contributed by atoms with Gasteiger partial charge in [0.1, 0.15) is 11.4 Å². The molecule has 8 heteroatoms. The van der Waals surface area contributed by atoms with Crippen LogP contribution in [0.3, 0.4) is 0 Å². The minimum atomic E-state index is 0.131. The second-order valence-electron chi connectivity index (χ2n) is 4.02. The molecule has 0 aliphatic rings. The van der Waals surface area contributed by atoms with Gasteiger partial charge in [-0.1, -0.05) is 0 Å². The summed E-state index contributed by atoms with van der Waals surface area (Å²) in [5, 5.41) is 7.78. The average Bonchev–Trinajstić information content (AvgIpc) is 2.50. The fourth-order valence-electron chi connectivity index (χ4n) is 1.41. The van der Waals surface area contributed by atoms with Gasteiger partial charge < -0.3 is 17.2 Å². The standard InChI is InChI=1S/C13H14N8/c1-17-13(11-5-3-9(15)7-19-11)21-20-12(16)10-4-2-8(14)6-18-10/h2-7H,1,14-15H2,(H2,16,20)/b21-13-. The van der Waals surface area contributed by atoms with Crippen LogP contribution in [0.1, 0.15) is 11.4 Å². The smallest absolute Gasteiger partial charge is 0.199 e. The summed E-state index contributed by atoms with van der Waals surface area (Å²) in [6.45, 7) is 3.43. The molecule has 0 aromatic carbocycles. The van der Waals surface area contributed by atoms with E-state index in [-0.39, 0.29) is 11.7 Å². The van der Waals surface area contributed by atoms with Crippen molar-refractivity contribution in [3.8, 4) is 0 Å². The van der Waals surface area contributed by atoms with Crippen LogP contribution in [0.15, 0.2) is 51.9 Å². The highest BCUT2D eigenvalue weighted by atomic mass is 15.3. The Morgan fingerprint density at radius 3 is 1.95 bits per heavy atom. The van der Waals surface area contributed by atoms with Gasteiger partial charge in [0.05, 0.1) is 23.8 Å². The van der Waals surface area contributed by atoms with E-state index in [0.717, 1.165) is 0 Å². The van der Waals surface area contributed by atoms with E-state index >= 15 is 0 Å². The van der Waals surface area contributed by atoms with Crippen molar-refractivity contribution in [1.29, 1.82) is 0 Å². The van der Waals surface area contributed by atoms with Gasteiger partial charge in [0, 0.05) is 0 Å². The number of pyridine rings is 2.